The van der Waals surface area contributed by atoms with Crippen molar-refractivity contribution < 1.29 is 4.79 Å². The third-order valence-corrected chi connectivity index (χ3v) is 4.62. The first kappa shape index (κ1) is 16.2. The van der Waals surface area contributed by atoms with Crippen molar-refractivity contribution in [2.75, 3.05) is 13.1 Å². The topological polar surface area (TPSA) is 59.2 Å². The van der Waals surface area contributed by atoms with E-state index in [1.807, 2.05) is 11.0 Å². The third kappa shape index (κ3) is 3.32. The number of hydrogen-bond donors (Lipinski definition) is 1. The van der Waals surface area contributed by atoms with Gasteiger partial charge in [0.25, 0.3) is 5.91 Å². The monoisotopic (exact) mass is 319 g/mol. The van der Waals surface area contributed by atoms with Crippen molar-refractivity contribution in [2.24, 2.45) is 5.73 Å². The number of rotatable bonds is 3. The number of likely N-dealkylation sites (tertiary alicyclic amines) is 1. The number of benzene rings is 1. The molecule has 0 atom stereocenters. The molecule has 4 nitrogen and oxygen atoms in total. The van der Waals surface area contributed by atoms with Gasteiger partial charge in [-0.3, -0.25) is 4.79 Å². The van der Waals surface area contributed by atoms with Crippen molar-refractivity contribution in [3.8, 4) is 12.3 Å². The van der Waals surface area contributed by atoms with E-state index in [4.69, 9.17) is 12.2 Å². The summed E-state index contributed by atoms with van der Waals surface area (Å²) < 4.78 is 0. The molecule has 1 fully saturated rings. The average Bonchev–Trinajstić information content (AvgIpc) is 2.67. The van der Waals surface area contributed by atoms with Gasteiger partial charge in [-0.05, 0) is 47.9 Å². The second-order valence-corrected chi connectivity index (χ2v) is 6.06. The molecule has 0 unspecified atom stereocenters. The lowest BCUT2D eigenvalue weighted by atomic mass is 9.88. The lowest BCUT2D eigenvalue weighted by Crippen LogP contribution is -2.38. The Kier molecular flexibility index (Phi) is 4.93. The molecule has 2 heterocycles. The summed E-state index contributed by atoms with van der Waals surface area (Å²) in [5.74, 6) is 2.94. The molecule has 0 bridgehead atoms. The Labute approximate surface area is 142 Å². The molecule has 2 aromatic rings. The summed E-state index contributed by atoms with van der Waals surface area (Å²) in [6.07, 6.45) is 8.96. The van der Waals surface area contributed by atoms with Gasteiger partial charge in [0.1, 0.15) is 5.69 Å². The first-order valence-electron chi connectivity index (χ1n) is 8.22. The maximum atomic E-state index is 12.7. The fraction of sp³-hybridized carbons (Fsp3) is 0.300. The van der Waals surface area contributed by atoms with Gasteiger partial charge >= 0.3 is 0 Å². The molecular formula is C20H21N3O. The van der Waals surface area contributed by atoms with Crippen molar-refractivity contribution in [1.82, 2.24) is 9.88 Å². The number of hydrogen-bond acceptors (Lipinski definition) is 3. The van der Waals surface area contributed by atoms with Gasteiger partial charge in [0.2, 0.25) is 0 Å². The largest absolute Gasteiger partial charge is 0.339 e. The van der Waals surface area contributed by atoms with Gasteiger partial charge in [-0.1, -0.05) is 24.3 Å². The van der Waals surface area contributed by atoms with E-state index >= 15 is 0 Å². The molecule has 1 aromatic heterocycles. The second-order valence-electron chi connectivity index (χ2n) is 6.06. The van der Waals surface area contributed by atoms with Gasteiger partial charge < -0.3 is 10.6 Å². The van der Waals surface area contributed by atoms with E-state index in [-0.39, 0.29) is 5.91 Å². The summed E-state index contributed by atoms with van der Waals surface area (Å²) in [4.78, 5) is 18.7. The summed E-state index contributed by atoms with van der Waals surface area (Å²) in [5.41, 5.74) is 9.13. The molecule has 0 spiro atoms. The molecule has 1 aromatic carbocycles. The Morgan fingerprint density at radius 1 is 1.29 bits per heavy atom. The van der Waals surface area contributed by atoms with Gasteiger partial charge in [-0.25, -0.2) is 4.98 Å². The minimum Gasteiger partial charge on any atom is -0.339 e. The van der Waals surface area contributed by atoms with Crippen LogP contribution in [-0.2, 0) is 6.54 Å². The normalized spacial score (nSPS) is 15.1. The standard InChI is InChI=1S/C20H21N3O/c1-2-19-18(7-4-10-22-19)20(24)23-11-8-16(9-12-23)17-6-3-5-15(13-17)14-21/h1,3-7,10,13,16H,8-9,11-12,14,21H2. The maximum absolute atomic E-state index is 12.7. The van der Waals surface area contributed by atoms with Gasteiger partial charge in [-0.2, -0.15) is 0 Å². The Morgan fingerprint density at radius 3 is 2.79 bits per heavy atom. The van der Waals surface area contributed by atoms with Crippen molar-refractivity contribution >= 4 is 5.91 Å². The number of piperidine rings is 1. The van der Waals surface area contributed by atoms with Gasteiger partial charge in [0, 0.05) is 25.8 Å². The average molecular weight is 319 g/mol. The predicted molar refractivity (Wildman–Crippen MR) is 94.4 cm³/mol. The predicted octanol–water partition coefficient (Wildman–Crippen LogP) is 2.54. The van der Waals surface area contributed by atoms with Crippen LogP contribution in [0.5, 0.6) is 0 Å². The number of carbonyl (C=O) groups excluding carboxylic acids is 1. The fourth-order valence-electron chi connectivity index (χ4n) is 3.25. The number of aromatic nitrogens is 1. The summed E-state index contributed by atoms with van der Waals surface area (Å²) in [6.45, 7) is 2.02. The summed E-state index contributed by atoms with van der Waals surface area (Å²) in [5, 5.41) is 0. The van der Waals surface area contributed by atoms with Crippen LogP contribution in [0.4, 0.5) is 0 Å². The van der Waals surface area contributed by atoms with Gasteiger partial charge in [0.15, 0.2) is 0 Å². The molecule has 0 aliphatic carbocycles. The number of terminal acetylenes is 1. The third-order valence-electron chi connectivity index (χ3n) is 4.62. The van der Waals surface area contributed by atoms with Crippen LogP contribution in [0.1, 0.15) is 45.9 Å². The molecule has 1 saturated heterocycles. The van der Waals surface area contributed by atoms with Crippen LogP contribution < -0.4 is 5.73 Å². The number of carbonyl (C=O) groups is 1. The fourth-order valence-corrected chi connectivity index (χ4v) is 3.25. The van der Waals surface area contributed by atoms with Crippen LogP contribution in [0.2, 0.25) is 0 Å². The first-order valence-corrected chi connectivity index (χ1v) is 8.22. The van der Waals surface area contributed by atoms with Crippen LogP contribution in [0.3, 0.4) is 0 Å². The lowest BCUT2D eigenvalue weighted by Gasteiger charge is -2.32. The molecule has 0 saturated carbocycles. The van der Waals surface area contributed by atoms with Gasteiger partial charge in [0.05, 0.1) is 5.56 Å². The molecule has 122 valence electrons. The van der Waals surface area contributed by atoms with E-state index in [9.17, 15) is 4.79 Å². The van der Waals surface area contributed by atoms with Gasteiger partial charge in [-0.15, -0.1) is 6.42 Å². The molecular weight excluding hydrogens is 298 g/mol. The van der Waals surface area contributed by atoms with E-state index < -0.39 is 0 Å². The minimum absolute atomic E-state index is 0.0230. The lowest BCUT2D eigenvalue weighted by molar-refractivity contribution is 0.0712. The molecule has 1 amide bonds. The minimum atomic E-state index is -0.0230. The van der Waals surface area contributed by atoms with Crippen LogP contribution in [0, 0.1) is 12.3 Å². The number of nitrogens with zero attached hydrogens (tertiary/aromatic N) is 2. The zero-order valence-electron chi connectivity index (χ0n) is 13.6. The molecule has 0 radical (unpaired) electrons. The maximum Gasteiger partial charge on any atom is 0.256 e. The molecule has 24 heavy (non-hydrogen) atoms. The van der Waals surface area contributed by atoms with Crippen LogP contribution in [0.15, 0.2) is 42.6 Å². The second kappa shape index (κ2) is 7.29. The van der Waals surface area contributed by atoms with Crippen molar-refractivity contribution in [1.29, 1.82) is 0 Å². The zero-order chi connectivity index (χ0) is 16.9. The van der Waals surface area contributed by atoms with E-state index in [0.717, 1.165) is 31.5 Å². The number of amides is 1. The molecule has 3 rings (SSSR count). The highest BCUT2D eigenvalue weighted by Crippen LogP contribution is 2.29. The Balaban J connectivity index is 1.68. The highest BCUT2D eigenvalue weighted by molar-refractivity contribution is 5.96. The van der Waals surface area contributed by atoms with Crippen molar-refractivity contribution in [3.63, 3.8) is 0 Å². The smallest absolute Gasteiger partial charge is 0.256 e. The Hall–Kier alpha value is -2.64. The highest BCUT2D eigenvalue weighted by atomic mass is 16.2. The Bertz CT molecular complexity index is 770. The summed E-state index contributed by atoms with van der Waals surface area (Å²) >= 11 is 0. The first-order chi connectivity index (χ1) is 11.7. The molecule has 1 aliphatic rings. The van der Waals surface area contributed by atoms with Crippen LogP contribution in [-0.4, -0.2) is 28.9 Å². The van der Waals surface area contributed by atoms with Crippen LogP contribution >= 0.6 is 0 Å². The quantitative estimate of drug-likeness (QED) is 0.885. The summed E-state index contributed by atoms with van der Waals surface area (Å²) in [6, 6.07) is 11.9. The van der Waals surface area contributed by atoms with Crippen molar-refractivity contribution in [3.05, 3.63) is 65.0 Å². The highest BCUT2D eigenvalue weighted by Gasteiger charge is 2.25. The van der Waals surface area contributed by atoms with E-state index in [2.05, 4.69) is 29.1 Å². The molecule has 4 heteroatoms. The molecule has 1 aliphatic heterocycles. The summed E-state index contributed by atoms with van der Waals surface area (Å²) in [7, 11) is 0. The number of nitrogens with two attached hydrogens (primary N) is 1. The van der Waals surface area contributed by atoms with E-state index in [1.165, 1.54) is 5.56 Å². The van der Waals surface area contributed by atoms with Crippen LogP contribution in [0.25, 0.3) is 0 Å². The number of pyridine rings is 1. The van der Waals surface area contributed by atoms with E-state index in [1.54, 1.807) is 18.3 Å². The SMILES string of the molecule is C#Cc1ncccc1C(=O)N1CCC(c2cccc(CN)c2)CC1. The zero-order valence-corrected chi connectivity index (χ0v) is 13.6. The molecule has 2 N–H and O–H groups in total. The van der Waals surface area contributed by atoms with E-state index in [0.29, 0.717) is 23.7 Å². The van der Waals surface area contributed by atoms with Crippen molar-refractivity contribution in [2.45, 2.75) is 25.3 Å². The Morgan fingerprint density at radius 2 is 2.08 bits per heavy atom.